The minimum atomic E-state index is -0.225. The third-order valence-corrected chi connectivity index (χ3v) is 5.16. The lowest BCUT2D eigenvalue weighted by atomic mass is 10.2. The zero-order chi connectivity index (χ0) is 17.9. The van der Waals surface area contributed by atoms with Crippen LogP contribution in [0.2, 0.25) is 0 Å². The Hall–Kier alpha value is -2.28. The van der Waals surface area contributed by atoms with E-state index in [1.165, 1.54) is 19.0 Å². The summed E-state index contributed by atoms with van der Waals surface area (Å²) in [6, 6.07) is 3.83. The van der Waals surface area contributed by atoms with Crippen molar-refractivity contribution in [3.8, 4) is 0 Å². The average molecular weight is 356 g/mol. The van der Waals surface area contributed by atoms with Gasteiger partial charge >= 0.3 is 0 Å². The van der Waals surface area contributed by atoms with Gasteiger partial charge in [-0.25, -0.2) is 9.37 Å². The van der Waals surface area contributed by atoms with E-state index in [0.717, 1.165) is 56.7 Å². The second kappa shape index (κ2) is 7.53. The number of nitrogens with zero attached hydrogens (tertiary/aromatic N) is 6. The minimum absolute atomic E-state index is 0.225. The number of hydrogen-bond donors (Lipinski definition) is 0. The van der Waals surface area contributed by atoms with Crippen molar-refractivity contribution in [2.45, 2.75) is 26.3 Å². The maximum Gasteiger partial charge on any atom is 0.227 e. The van der Waals surface area contributed by atoms with E-state index < -0.39 is 0 Å². The van der Waals surface area contributed by atoms with Gasteiger partial charge in [-0.3, -0.25) is 9.88 Å². The van der Waals surface area contributed by atoms with E-state index >= 15 is 0 Å². The molecule has 0 N–H and O–H groups in total. The molecule has 2 aromatic heterocycles. The highest BCUT2D eigenvalue weighted by Gasteiger charge is 2.22. The predicted octanol–water partition coefficient (Wildman–Crippen LogP) is 2.24. The summed E-state index contributed by atoms with van der Waals surface area (Å²) in [5.74, 6) is 1.64. The Bertz CT molecular complexity index is 753. The van der Waals surface area contributed by atoms with Crippen molar-refractivity contribution < 1.29 is 4.39 Å². The molecule has 4 heterocycles. The molecule has 26 heavy (non-hydrogen) atoms. The number of pyridine rings is 1. The lowest BCUT2D eigenvalue weighted by Crippen LogP contribution is -2.46. The summed E-state index contributed by atoms with van der Waals surface area (Å²) in [4.78, 5) is 20.1. The van der Waals surface area contributed by atoms with Crippen molar-refractivity contribution in [1.82, 2.24) is 19.9 Å². The normalized spacial score (nSPS) is 18.5. The van der Waals surface area contributed by atoms with E-state index in [4.69, 9.17) is 4.98 Å². The summed E-state index contributed by atoms with van der Waals surface area (Å²) >= 11 is 0. The fraction of sp³-hybridized carbons (Fsp3) is 0.526. The topological polar surface area (TPSA) is 48.4 Å². The standard InChI is InChI=1S/C19H25FN6/c1-15-12-18(23-19(22-15)26-6-2-3-7-26)25-10-8-24(9-11-25)14-16-4-5-21-13-17(16)20/h4-5,12-13H,2-3,6-11,14H2,1H3. The molecule has 4 rings (SSSR count). The van der Waals surface area contributed by atoms with Crippen molar-refractivity contribution in [3.63, 3.8) is 0 Å². The molecule has 0 amide bonds. The van der Waals surface area contributed by atoms with Crippen LogP contribution in [0, 0.1) is 12.7 Å². The molecule has 0 unspecified atom stereocenters. The Balaban J connectivity index is 1.41. The largest absolute Gasteiger partial charge is 0.354 e. The lowest BCUT2D eigenvalue weighted by molar-refractivity contribution is 0.246. The van der Waals surface area contributed by atoms with Gasteiger partial charge in [0.2, 0.25) is 5.95 Å². The Morgan fingerprint density at radius 3 is 2.50 bits per heavy atom. The highest BCUT2D eigenvalue weighted by molar-refractivity contribution is 5.46. The van der Waals surface area contributed by atoms with Crippen LogP contribution in [0.4, 0.5) is 16.2 Å². The maximum absolute atomic E-state index is 13.8. The molecular weight excluding hydrogens is 331 g/mol. The molecule has 0 radical (unpaired) electrons. The first-order chi connectivity index (χ1) is 12.7. The van der Waals surface area contributed by atoms with E-state index in [1.807, 2.05) is 6.92 Å². The van der Waals surface area contributed by atoms with Crippen molar-refractivity contribution in [2.75, 3.05) is 49.1 Å². The third-order valence-electron chi connectivity index (χ3n) is 5.16. The van der Waals surface area contributed by atoms with Gasteiger partial charge in [-0.05, 0) is 25.8 Å². The number of aryl methyl sites for hydroxylation is 1. The highest BCUT2D eigenvalue weighted by Crippen LogP contribution is 2.22. The van der Waals surface area contributed by atoms with Gasteiger partial charge in [-0.2, -0.15) is 4.98 Å². The van der Waals surface area contributed by atoms with Crippen LogP contribution in [-0.2, 0) is 6.54 Å². The van der Waals surface area contributed by atoms with Gasteiger partial charge in [0.05, 0.1) is 6.20 Å². The van der Waals surface area contributed by atoms with Crippen LogP contribution in [0.3, 0.4) is 0 Å². The molecule has 0 aliphatic carbocycles. The molecule has 0 aromatic carbocycles. The molecule has 6 nitrogen and oxygen atoms in total. The third kappa shape index (κ3) is 3.77. The second-order valence-corrected chi connectivity index (χ2v) is 7.09. The van der Waals surface area contributed by atoms with Crippen LogP contribution in [0.15, 0.2) is 24.5 Å². The molecule has 0 saturated carbocycles. The predicted molar refractivity (Wildman–Crippen MR) is 99.9 cm³/mol. The van der Waals surface area contributed by atoms with Crippen LogP contribution in [0.25, 0.3) is 0 Å². The van der Waals surface area contributed by atoms with Gasteiger partial charge < -0.3 is 9.80 Å². The van der Waals surface area contributed by atoms with Gasteiger partial charge in [-0.15, -0.1) is 0 Å². The smallest absolute Gasteiger partial charge is 0.227 e. The van der Waals surface area contributed by atoms with E-state index in [1.54, 1.807) is 12.3 Å². The second-order valence-electron chi connectivity index (χ2n) is 7.09. The first-order valence-corrected chi connectivity index (χ1v) is 9.35. The zero-order valence-electron chi connectivity index (χ0n) is 15.2. The number of rotatable bonds is 4. The quantitative estimate of drug-likeness (QED) is 0.837. The molecule has 2 aromatic rings. The molecule has 7 heteroatoms. The Kier molecular flexibility index (Phi) is 4.97. The van der Waals surface area contributed by atoms with Crippen molar-refractivity contribution in [1.29, 1.82) is 0 Å². The fourth-order valence-electron chi connectivity index (χ4n) is 3.67. The van der Waals surface area contributed by atoms with Crippen molar-refractivity contribution >= 4 is 11.8 Å². The van der Waals surface area contributed by atoms with E-state index in [2.05, 4.69) is 30.7 Å². The van der Waals surface area contributed by atoms with E-state index in [9.17, 15) is 4.39 Å². The SMILES string of the molecule is Cc1cc(N2CCN(Cc3ccncc3F)CC2)nc(N2CCCC2)n1. The summed E-state index contributed by atoms with van der Waals surface area (Å²) in [5, 5.41) is 0. The zero-order valence-corrected chi connectivity index (χ0v) is 15.2. The van der Waals surface area contributed by atoms with Crippen LogP contribution >= 0.6 is 0 Å². The fourth-order valence-corrected chi connectivity index (χ4v) is 3.67. The molecule has 2 aliphatic rings. The van der Waals surface area contributed by atoms with Gasteiger partial charge in [0.15, 0.2) is 0 Å². The maximum atomic E-state index is 13.8. The lowest BCUT2D eigenvalue weighted by Gasteiger charge is -2.35. The van der Waals surface area contributed by atoms with Gasteiger partial charge in [0.25, 0.3) is 0 Å². The first-order valence-electron chi connectivity index (χ1n) is 9.35. The number of piperazine rings is 1. The number of halogens is 1. The molecule has 2 saturated heterocycles. The van der Waals surface area contributed by atoms with Crippen LogP contribution in [0.5, 0.6) is 0 Å². The highest BCUT2D eigenvalue weighted by atomic mass is 19.1. The average Bonchev–Trinajstić information content (AvgIpc) is 3.19. The summed E-state index contributed by atoms with van der Waals surface area (Å²) < 4.78 is 13.8. The van der Waals surface area contributed by atoms with Gasteiger partial charge in [0.1, 0.15) is 11.6 Å². The summed E-state index contributed by atoms with van der Waals surface area (Å²) in [5.41, 5.74) is 1.72. The molecule has 138 valence electrons. The summed E-state index contributed by atoms with van der Waals surface area (Å²) in [7, 11) is 0. The van der Waals surface area contributed by atoms with Crippen molar-refractivity contribution in [2.24, 2.45) is 0 Å². The summed E-state index contributed by atoms with van der Waals surface area (Å²) in [6.07, 6.45) is 5.38. The van der Waals surface area contributed by atoms with E-state index in [0.29, 0.717) is 12.1 Å². The molecule has 0 spiro atoms. The van der Waals surface area contributed by atoms with Gasteiger partial charge in [0, 0.05) is 69.3 Å². The van der Waals surface area contributed by atoms with Crippen LogP contribution in [-0.4, -0.2) is 59.1 Å². The molecular formula is C19H25FN6. The Morgan fingerprint density at radius 1 is 1.00 bits per heavy atom. The molecule has 2 aliphatic heterocycles. The summed E-state index contributed by atoms with van der Waals surface area (Å²) in [6.45, 7) is 8.33. The monoisotopic (exact) mass is 356 g/mol. The van der Waals surface area contributed by atoms with Crippen LogP contribution < -0.4 is 9.80 Å². The van der Waals surface area contributed by atoms with Gasteiger partial charge in [-0.1, -0.05) is 0 Å². The van der Waals surface area contributed by atoms with Crippen LogP contribution in [0.1, 0.15) is 24.1 Å². The number of hydrogen-bond acceptors (Lipinski definition) is 6. The minimum Gasteiger partial charge on any atom is -0.354 e. The van der Waals surface area contributed by atoms with E-state index in [-0.39, 0.29) is 5.82 Å². The first kappa shape index (κ1) is 17.1. The molecule has 0 atom stereocenters. The number of anilines is 2. The number of aromatic nitrogens is 3. The molecule has 2 fully saturated rings. The Labute approximate surface area is 153 Å². The van der Waals surface area contributed by atoms with Crippen molar-refractivity contribution in [3.05, 3.63) is 41.6 Å². The Morgan fingerprint density at radius 2 is 1.77 bits per heavy atom. The molecule has 0 bridgehead atoms.